The number of benzene rings is 3. The Kier molecular flexibility index (Phi) is 6.81. The van der Waals surface area contributed by atoms with Gasteiger partial charge in [-0.1, -0.05) is 36.4 Å². The highest BCUT2D eigenvalue weighted by molar-refractivity contribution is 7.89. The molecule has 3 aromatic carbocycles. The van der Waals surface area contributed by atoms with Gasteiger partial charge in [-0.05, 0) is 60.9 Å². The second-order valence-corrected chi connectivity index (χ2v) is 9.93. The molecule has 0 aliphatic carbocycles. The first kappa shape index (κ1) is 23.7. The van der Waals surface area contributed by atoms with Crippen molar-refractivity contribution in [2.45, 2.75) is 24.8 Å². The number of rotatable bonds is 8. The topological polar surface area (TPSA) is 79.5 Å². The number of aryl methyl sites for hydroxylation is 1. The lowest BCUT2D eigenvalue weighted by molar-refractivity contribution is 0.404. The molecule has 6 nitrogen and oxygen atoms in total. The van der Waals surface area contributed by atoms with Gasteiger partial charge in [-0.2, -0.15) is 4.31 Å². The van der Waals surface area contributed by atoms with Crippen molar-refractivity contribution in [2.24, 2.45) is 0 Å². The predicted octanol–water partition coefficient (Wildman–Crippen LogP) is 4.42. The van der Waals surface area contributed by atoms with Crippen LogP contribution in [0.5, 0.6) is 5.75 Å². The summed E-state index contributed by atoms with van der Waals surface area (Å²) >= 11 is 0. The maximum Gasteiger partial charge on any atom is 0.252 e. The van der Waals surface area contributed by atoms with E-state index in [2.05, 4.69) is 4.98 Å². The molecule has 4 aromatic rings. The zero-order valence-corrected chi connectivity index (χ0v) is 19.7. The smallest absolute Gasteiger partial charge is 0.252 e. The number of H-pyrrole nitrogens is 1. The van der Waals surface area contributed by atoms with Crippen molar-refractivity contribution in [2.75, 3.05) is 13.7 Å². The zero-order valence-electron chi connectivity index (χ0n) is 18.9. The molecule has 0 saturated heterocycles. The van der Waals surface area contributed by atoms with Crippen LogP contribution in [0.2, 0.25) is 0 Å². The number of hydrogen-bond acceptors (Lipinski definition) is 4. The summed E-state index contributed by atoms with van der Waals surface area (Å²) in [5.41, 5.74) is 2.47. The first-order valence-corrected chi connectivity index (χ1v) is 12.2. The second kappa shape index (κ2) is 9.79. The summed E-state index contributed by atoms with van der Waals surface area (Å²) in [5.74, 6) is -0.221. The van der Waals surface area contributed by atoms with Gasteiger partial charge >= 0.3 is 0 Å². The van der Waals surface area contributed by atoms with Crippen LogP contribution in [0.15, 0.2) is 82.5 Å². The number of halogens is 1. The lowest BCUT2D eigenvalue weighted by Crippen LogP contribution is -2.35. The maximum absolute atomic E-state index is 14.5. The zero-order chi connectivity index (χ0) is 24.3. The van der Waals surface area contributed by atoms with Gasteiger partial charge in [-0.25, -0.2) is 12.8 Å². The number of ether oxygens (including phenoxy) is 1. The van der Waals surface area contributed by atoms with Gasteiger partial charge in [-0.3, -0.25) is 4.79 Å². The fraction of sp³-hybridized carbons (Fsp3) is 0.192. The average molecular weight is 481 g/mol. The number of sulfonamides is 1. The van der Waals surface area contributed by atoms with E-state index in [9.17, 15) is 17.6 Å². The number of nitrogens with one attached hydrogen (secondary N) is 1. The fourth-order valence-electron chi connectivity index (χ4n) is 3.88. The third kappa shape index (κ3) is 4.88. The highest BCUT2D eigenvalue weighted by Crippen LogP contribution is 2.23. The second-order valence-electron chi connectivity index (χ2n) is 8.02. The molecule has 0 aliphatic heterocycles. The van der Waals surface area contributed by atoms with E-state index in [1.54, 1.807) is 31.4 Å². The van der Waals surface area contributed by atoms with Gasteiger partial charge in [0.2, 0.25) is 10.0 Å². The van der Waals surface area contributed by atoms with E-state index in [-0.39, 0.29) is 18.7 Å². The third-order valence-electron chi connectivity index (χ3n) is 5.82. The SMILES string of the molecule is COc1ccc2[nH]c(=O)c(CN(CCc3ccccc3C)S(=O)(=O)c3ccccc3F)cc2c1. The number of aromatic nitrogens is 1. The van der Waals surface area contributed by atoms with E-state index in [4.69, 9.17) is 4.74 Å². The molecule has 0 bridgehead atoms. The molecule has 176 valence electrons. The van der Waals surface area contributed by atoms with Crippen molar-refractivity contribution >= 4 is 20.9 Å². The molecule has 0 saturated carbocycles. The van der Waals surface area contributed by atoms with Gasteiger partial charge in [0.05, 0.1) is 7.11 Å². The normalized spacial score (nSPS) is 11.8. The predicted molar refractivity (Wildman–Crippen MR) is 130 cm³/mol. The van der Waals surface area contributed by atoms with Crippen LogP contribution in [0.25, 0.3) is 10.9 Å². The molecule has 1 aromatic heterocycles. The molecule has 34 heavy (non-hydrogen) atoms. The molecule has 0 spiro atoms. The summed E-state index contributed by atoms with van der Waals surface area (Å²) in [6, 6.07) is 19.8. The van der Waals surface area contributed by atoms with Crippen molar-refractivity contribution in [3.63, 3.8) is 0 Å². The van der Waals surface area contributed by atoms with E-state index >= 15 is 0 Å². The minimum Gasteiger partial charge on any atom is -0.497 e. The van der Waals surface area contributed by atoms with E-state index < -0.39 is 26.3 Å². The largest absolute Gasteiger partial charge is 0.497 e. The Morgan fingerprint density at radius 1 is 0.971 bits per heavy atom. The summed E-state index contributed by atoms with van der Waals surface area (Å²) in [4.78, 5) is 15.2. The molecular formula is C26H25FN2O4S. The first-order valence-electron chi connectivity index (χ1n) is 10.8. The summed E-state index contributed by atoms with van der Waals surface area (Å²) < 4.78 is 47.9. The minimum absolute atomic E-state index is 0.0805. The summed E-state index contributed by atoms with van der Waals surface area (Å²) in [5, 5.41) is 0.705. The number of aromatic amines is 1. The molecule has 0 unspecified atom stereocenters. The van der Waals surface area contributed by atoms with Crippen molar-refractivity contribution < 1.29 is 17.5 Å². The number of nitrogens with zero attached hydrogens (tertiary/aromatic N) is 1. The molecule has 0 amide bonds. The summed E-state index contributed by atoms with van der Waals surface area (Å²) in [7, 11) is -2.67. The van der Waals surface area contributed by atoms with Crippen LogP contribution in [0.3, 0.4) is 0 Å². The molecule has 1 N–H and O–H groups in total. The van der Waals surface area contributed by atoms with Crippen molar-refractivity contribution in [1.29, 1.82) is 0 Å². The van der Waals surface area contributed by atoms with E-state index in [1.807, 2.05) is 31.2 Å². The monoisotopic (exact) mass is 480 g/mol. The van der Waals surface area contributed by atoms with Crippen LogP contribution >= 0.6 is 0 Å². The van der Waals surface area contributed by atoms with Crippen LogP contribution in [-0.4, -0.2) is 31.4 Å². The van der Waals surface area contributed by atoms with E-state index in [1.165, 1.54) is 18.2 Å². The number of methoxy groups -OCH3 is 1. The summed E-state index contributed by atoms with van der Waals surface area (Å²) in [6.07, 6.45) is 0.416. The number of fused-ring (bicyclic) bond motifs is 1. The van der Waals surface area contributed by atoms with Gasteiger partial charge in [0.1, 0.15) is 16.5 Å². The van der Waals surface area contributed by atoms with Gasteiger partial charge in [0.25, 0.3) is 5.56 Å². The minimum atomic E-state index is -4.21. The lowest BCUT2D eigenvalue weighted by atomic mass is 10.1. The van der Waals surface area contributed by atoms with Crippen molar-refractivity contribution in [3.8, 4) is 5.75 Å². The molecule has 1 heterocycles. The van der Waals surface area contributed by atoms with Crippen LogP contribution in [0.4, 0.5) is 4.39 Å². The fourth-order valence-corrected chi connectivity index (χ4v) is 5.36. The Hall–Kier alpha value is -3.49. The van der Waals surface area contributed by atoms with Gasteiger partial charge in [0, 0.05) is 29.6 Å². The molecule has 0 atom stereocenters. The maximum atomic E-state index is 14.5. The Bertz CT molecular complexity index is 1500. The van der Waals surface area contributed by atoms with E-state index in [0.29, 0.717) is 23.1 Å². The van der Waals surface area contributed by atoms with Gasteiger partial charge < -0.3 is 9.72 Å². The Labute approximate surface area is 197 Å². The van der Waals surface area contributed by atoms with Crippen molar-refractivity contribution in [1.82, 2.24) is 9.29 Å². The third-order valence-corrected chi connectivity index (χ3v) is 7.70. The first-order chi connectivity index (χ1) is 16.3. The Morgan fingerprint density at radius 3 is 2.44 bits per heavy atom. The summed E-state index contributed by atoms with van der Waals surface area (Å²) in [6.45, 7) is 1.83. The molecule has 4 rings (SSSR count). The quantitative estimate of drug-likeness (QED) is 0.405. The Balaban J connectivity index is 1.75. The number of hydrogen-bond donors (Lipinski definition) is 1. The highest BCUT2D eigenvalue weighted by atomic mass is 32.2. The molecule has 0 fully saturated rings. The highest BCUT2D eigenvalue weighted by Gasteiger charge is 2.28. The Morgan fingerprint density at radius 2 is 1.71 bits per heavy atom. The van der Waals surface area contributed by atoms with Crippen LogP contribution in [0.1, 0.15) is 16.7 Å². The average Bonchev–Trinajstić information content (AvgIpc) is 2.82. The molecule has 0 aliphatic rings. The molecule has 8 heteroatoms. The van der Waals surface area contributed by atoms with Gasteiger partial charge in [0.15, 0.2) is 0 Å². The molecular weight excluding hydrogens is 455 g/mol. The van der Waals surface area contributed by atoms with Crippen LogP contribution < -0.4 is 10.3 Å². The number of pyridine rings is 1. The van der Waals surface area contributed by atoms with Crippen LogP contribution in [-0.2, 0) is 23.0 Å². The van der Waals surface area contributed by atoms with E-state index in [0.717, 1.165) is 21.5 Å². The van der Waals surface area contributed by atoms with Gasteiger partial charge in [-0.15, -0.1) is 0 Å². The van der Waals surface area contributed by atoms with Crippen LogP contribution in [0, 0.1) is 12.7 Å². The standard InChI is InChI=1S/C26H25FN2O4S/c1-18-7-3-4-8-19(18)13-14-29(34(31,32)25-10-6-5-9-23(25)27)17-21-15-20-16-22(33-2)11-12-24(20)28-26(21)30/h3-12,15-16H,13-14,17H2,1-2H3,(H,28,30). The lowest BCUT2D eigenvalue weighted by Gasteiger charge is -2.23. The molecule has 0 radical (unpaired) electrons. The van der Waals surface area contributed by atoms with Crippen molar-refractivity contribution in [3.05, 3.63) is 106 Å².